The maximum Gasteiger partial charge on any atom is 0.257 e. The SMILES string of the molecule is N#Cc1ccc(C(=O)Nc2ccc(F)cc2)cn1. The van der Waals surface area contributed by atoms with Gasteiger partial charge in [-0.25, -0.2) is 9.37 Å². The van der Waals surface area contributed by atoms with Crippen LogP contribution >= 0.6 is 0 Å². The van der Waals surface area contributed by atoms with Gasteiger partial charge in [0.05, 0.1) is 5.56 Å². The molecule has 0 spiro atoms. The van der Waals surface area contributed by atoms with E-state index in [1.54, 1.807) is 0 Å². The molecule has 1 aromatic carbocycles. The number of hydrogen-bond acceptors (Lipinski definition) is 3. The Hall–Kier alpha value is -2.74. The summed E-state index contributed by atoms with van der Waals surface area (Å²) in [6.07, 6.45) is 1.32. The largest absolute Gasteiger partial charge is 0.322 e. The van der Waals surface area contributed by atoms with E-state index in [-0.39, 0.29) is 17.4 Å². The molecule has 0 aliphatic carbocycles. The minimum atomic E-state index is -0.368. The second kappa shape index (κ2) is 5.06. The molecule has 2 aromatic rings. The third-order valence-corrected chi connectivity index (χ3v) is 2.24. The van der Waals surface area contributed by atoms with E-state index in [1.165, 1.54) is 42.6 Å². The van der Waals surface area contributed by atoms with Crippen molar-refractivity contribution in [2.75, 3.05) is 5.32 Å². The Kier molecular flexibility index (Phi) is 3.30. The van der Waals surface area contributed by atoms with Crippen LogP contribution in [0.15, 0.2) is 42.6 Å². The number of anilines is 1. The minimum Gasteiger partial charge on any atom is -0.322 e. The van der Waals surface area contributed by atoms with E-state index in [1.807, 2.05) is 6.07 Å². The van der Waals surface area contributed by atoms with Crippen molar-refractivity contribution < 1.29 is 9.18 Å². The first-order valence-corrected chi connectivity index (χ1v) is 5.12. The number of carbonyl (C=O) groups excluding carboxylic acids is 1. The molecule has 0 saturated heterocycles. The number of rotatable bonds is 2. The average molecular weight is 241 g/mol. The Bertz CT molecular complexity index is 600. The molecule has 5 heteroatoms. The zero-order chi connectivity index (χ0) is 13.0. The van der Waals surface area contributed by atoms with Crippen LogP contribution in [-0.2, 0) is 0 Å². The van der Waals surface area contributed by atoms with Crippen LogP contribution in [0, 0.1) is 17.1 Å². The summed E-state index contributed by atoms with van der Waals surface area (Å²) in [4.78, 5) is 15.6. The fourth-order valence-electron chi connectivity index (χ4n) is 1.33. The van der Waals surface area contributed by atoms with Gasteiger partial charge in [-0.15, -0.1) is 0 Å². The van der Waals surface area contributed by atoms with Gasteiger partial charge in [-0.1, -0.05) is 0 Å². The fourth-order valence-corrected chi connectivity index (χ4v) is 1.33. The van der Waals surface area contributed by atoms with Crippen LogP contribution in [0.25, 0.3) is 0 Å². The van der Waals surface area contributed by atoms with E-state index in [0.29, 0.717) is 11.3 Å². The van der Waals surface area contributed by atoms with Crippen LogP contribution in [0.1, 0.15) is 16.1 Å². The Morgan fingerprint density at radius 2 is 1.94 bits per heavy atom. The van der Waals surface area contributed by atoms with E-state index in [2.05, 4.69) is 10.3 Å². The maximum absolute atomic E-state index is 12.7. The Morgan fingerprint density at radius 3 is 2.50 bits per heavy atom. The monoisotopic (exact) mass is 241 g/mol. The third kappa shape index (κ3) is 2.68. The van der Waals surface area contributed by atoms with Crippen LogP contribution < -0.4 is 5.32 Å². The number of carbonyl (C=O) groups is 1. The second-order valence-electron chi connectivity index (χ2n) is 3.50. The maximum atomic E-state index is 12.7. The van der Waals surface area contributed by atoms with Gasteiger partial charge in [0.15, 0.2) is 0 Å². The van der Waals surface area contributed by atoms with E-state index in [4.69, 9.17) is 5.26 Å². The first kappa shape index (κ1) is 11.7. The van der Waals surface area contributed by atoms with Crippen LogP contribution in [0.5, 0.6) is 0 Å². The Morgan fingerprint density at radius 1 is 1.22 bits per heavy atom. The zero-order valence-electron chi connectivity index (χ0n) is 9.22. The van der Waals surface area contributed by atoms with Crippen molar-refractivity contribution in [3.63, 3.8) is 0 Å². The fraction of sp³-hybridized carbons (Fsp3) is 0. The molecular formula is C13H8FN3O. The molecular weight excluding hydrogens is 233 g/mol. The molecule has 0 unspecified atom stereocenters. The average Bonchev–Trinajstić information content (AvgIpc) is 2.41. The highest BCUT2D eigenvalue weighted by molar-refractivity contribution is 6.04. The molecule has 1 amide bonds. The zero-order valence-corrected chi connectivity index (χ0v) is 9.22. The summed E-state index contributed by atoms with van der Waals surface area (Å²) in [5.41, 5.74) is 1.07. The van der Waals surface area contributed by atoms with Crippen LogP contribution in [0.4, 0.5) is 10.1 Å². The van der Waals surface area contributed by atoms with Crippen LogP contribution in [-0.4, -0.2) is 10.9 Å². The van der Waals surface area contributed by atoms with E-state index >= 15 is 0 Å². The number of aromatic nitrogens is 1. The minimum absolute atomic E-state index is 0.244. The highest BCUT2D eigenvalue weighted by Crippen LogP contribution is 2.10. The van der Waals surface area contributed by atoms with Crippen molar-refractivity contribution in [1.29, 1.82) is 5.26 Å². The van der Waals surface area contributed by atoms with Gasteiger partial charge in [0.2, 0.25) is 0 Å². The van der Waals surface area contributed by atoms with Gasteiger partial charge in [0.1, 0.15) is 17.6 Å². The van der Waals surface area contributed by atoms with Crippen molar-refractivity contribution in [3.05, 3.63) is 59.7 Å². The van der Waals surface area contributed by atoms with Crippen LogP contribution in [0.2, 0.25) is 0 Å². The number of nitriles is 1. The predicted octanol–water partition coefficient (Wildman–Crippen LogP) is 2.34. The highest BCUT2D eigenvalue weighted by Gasteiger charge is 2.06. The molecule has 0 fully saturated rings. The number of amides is 1. The molecule has 88 valence electrons. The van der Waals surface area contributed by atoms with Crippen molar-refractivity contribution in [3.8, 4) is 6.07 Å². The molecule has 18 heavy (non-hydrogen) atoms. The van der Waals surface area contributed by atoms with Gasteiger partial charge in [-0.05, 0) is 36.4 Å². The first-order chi connectivity index (χ1) is 8.69. The molecule has 0 saturated carbocycles. The van der Waals surface area contributed by atoms with Crippen molar-refractivity contribution in [2.45, 2.75) is 0 Å². The number of nitrogens with one attached hydrogen (secondary N) is 1. The highest BCUT2D eigenvalue weighted by atomic mass is 19.1. The molecule has 0 aliphatic rings. The number of benzene rings is 1. The summed E-state index contributed by atoms with van der Waals surface area (Å²) in [5.74, 6) is -0.730. The number of nitrogens with zero attached hydrogens (tertiary/aromatic N) is 2. The Balaban J connectivity index is 2.12. The molecule has 2 rings (SSSR count). The van der Waals surface area contributed by atoms with E-state index < -0.39 is 0 Å². The number of pyridine rings is 1. The lowest BCUT2D eigenvalue weighted by molar-refractivity contribution is 0.102. The van der Waals surface area contributed by atoms with Crippen molar-refractivity contribution in [2.24, 2.45) is 0 Å². The molecule has 0 bridgehead atoms. The van der Waals surface area contributed by atoms with E-state index in [0.717, 1.165) is 0 Å². The van der Waals surface area contributed by atoms with Gasteiger partial charge < -0.3 is 5.32 Å². The normalized spacial score (nSPS) is 9.56. The lowest BCUT2D eigenvalue weighted by Crippen LogP contribution is -2.12. The molecule has 0 radical (unpaired) electrons. The summed E-state index contributed by atoms with van der Waals surface area (Å²) < 4.78 is 12.7. The standard InChI is InChI=1S/C13H8FN3O/c14-10-2-5-11(6-3-10)17-13(18)9-1-4-12(7-15)16-8-9/h1-6,8H,(H,17,18). The third-order valence-electron chi connectivity index (χ3n) is 2.24. The molecule has 0 aliphatic heterocycles. The number of hydrogen-bond donors (Lipinski definition) is 1. The summed E-state index contributed by atoms with van der Waals surface area (Å²) in [7, 11) is 0. The summed E-state index contributed by atoms with van der Waals surface area (Å²) in [6.45, 7) is 0. The lowest BCUT2D eigenvalue weighted by atomic mass is 10.2. The molecule has 1 N–H and O–H groups in total. The van der Waals surface area contributed by atoms with Gasteiger partial charge in [-0.3, -0.25) is 4.79 Å². The van der Waals surface area contributed by atoms with Crippen molar-refractivity contribution >= 4 is 11.6 Å². The second-order valence-corrected chi connectivity index (χ2v) is 3.50. The first-order valence-electron chi connectivity index (χ1n) is 5.12. The molecule has 4 nitrogen and oxygen atoms in total. The topological polar surface area (TPSA) is 65.8 Å². The van der Waals surface area contributed by atoms with Crippen LogP contribution in [0.3, 0.4) is 0 Å². The molecule has 1 heterocycles. The van der Waals surface area contributed by atoms with Gasteiger partial charge in [-0.2, -0.15) is 5.26 Å². The van der Waals surface area contributed by atoms with E-state index in [9.17, 15) is 9.18 Å². The summed E-state index contributed by atoms with van der Waals surface area (Å²) in [6, 6.07) is 10.3. The van der Waals surface area contributed by atoms with Crippen molar-refractivity contribution in [1.82, 2.24) is 4.98 Å². The lowest BCUT2D eigenvalue weighted by Gasteiger charge is -2.04. The Labute approximate surface area is 103 Å². The van der Waals surface area contributed by atoms with Gasteiger partial charge in [0, 0.05) is 11.9 Å². The summed E-state index contributed by atoms with van der Waals surface area (Å²) >= 11 is 0. The molecule has 1 aromatic heterocycles. The van der Waals surface area contributed by atoms with Gasteiger partial charge >= 0.3 is 0 Å². The summed E-state index contributed by atoms with van der Waals surface area (Å²) in [5, 5.41) is 11.2. The van der Waals surface area contributed by atoms with Gasteiger partial charge in [0.25, 0.3) is 5.91 Å². The number of halogens is 1. The quantitative estimate of drug-likeness (QED) is 0.877. The predicted molar refractivity (Wildman–Crippen MR) is 63.3 cm³/mol. The molecule has 0 atom stereocenters. The smallest absolute Gasteiger partial charge is 0.257 e.